The zero-order valence-corrected chi connectivity index (χ0v) is 17.8. The lowest BCUT2D eigenvalue weighted by Crippen LogP contribution is -2.35. The van der Waals surface area contributed by atoms with Gasteiger partial charge in [-0.1, -0.05) is 54.6 Å². The number of rotatable bonds is 7. The number of hydrogen-bond acceptors (Lipinski definition) is 5. The molecule has 1 aliphatic rings. The van der Waals surface area contributed by atoms with E-state index in [1.54, 1.807) is 11.3 Å². The molecule has 3 aromatic rings. The number of carbonyl (C=O) groups is 1. The Kier molecular flexibility index (Phi) is 6.89. The molecule has 156 valence electrons. The molecule has 0 unspecified atom stereocenters. The lowest BCUT2D eigenvalue weighted by Gasteiger charge is -2.29. The first kappa shape index (κ1) is 20.7. The number of benzene rings is 2. The third-order valence-electron chi connectivity index (χ3n) is 5.39. The number of aliphatic hydroxyl groups excluding tert-OH is 1. The number of carbonyl (C=O) groups excluding carboxylic acids is 1. The number of aromatic nitrogens is 1. The van der Waals surface area contributed by atoms with E-state index in [1.165, 1.54) is 5.56 Å². The molecule has 30 heavy (non-hydrogen) atoms. The predicted molar refractivity (Wildman–Crippen MR) is 120 cm³/mol. The third kappa shape index (κ3) is 5.75. The number of thiazole rings is 1. The van der Waals surface area contributed by atoms with E-state index < -0.39 is 0 Å². The molecule has 0 radical (unpaired) electrons. The van der Waals surface area contributed by atoms with Crippen LogP contribution in [-0.4, -0.2) is 40.1 Å². The van der Waals surface area contributed by atoms with Crippen molar-refractivity contribution < 1.29 is 9.90 Å². The van der Waals surface area contributed by atoms with Gasteiger partial charge in [0.15, 0.2) is 0 Å². The second-order valence-electron chi connectivity index (χ2n) is 7.79. The fraction of sp³-hybridized carbons (Fsp3) is 0.333. The summed E-state index contributed by atoms with van der Waals surface area (Å²) in [6.45, 7) is 3.32. The van der Waals surface area contributed by atoms with Gasteiger partial charge in [-0.15, -0.1) is 11.3 Å². The maximum atomic E-state index is 12.3. The Bertz CT molecular complexity index is 948. The number of hydrogen-bond donors (Lipinski definition) is 2. The van der Waals surface area contributed by atoms with Gasteiger partial charge in [-0.2, -0.15) is 0 Å². The first-order valence-corrected chi connectivity index (χ1v) is 11.3. The average molecular weight is 422 g/mol. The summed E-state index contributed by atoms with van der Waals surface area (Å²) in [5.74, 6) is -0.0177. The van der Waals surface area contributed by atoms with Crippen molar-refractivity contribution in [3.63, 3.8) is 0 Å². The molecule has 0 bridgehead atoms. The van der Waals surface area contributed by atoms with E-state index in [0.717, 1.165) is 54.3 Å². The van der Waals surface area contributed by atoms with E-state index in [1.807, 2.05) is 35.7 Å². The molecule has 0 saturated carbocycles. The molecular formula is C24H27N3O2S. The van der Waals surface area contributed by atoms with Gasteiger partial charge in [0.05, 0.1) is 18.2 Å². The van der Waals surface area contributed by atoms with Gasteiger partial charge in [0.1, 0.15) is 5.01 Å². The zero-order valence-electron chi connectivity index (χ0n) is 17.0. The van der Waals surface area contributed by atoms with Gasteiger partial charge in [0.2, 0.25) is 5.91 Å². The second-order valence-corrected chi connectivity index (χ2v) is 8.65. The Morgan fingerprint density at radius 1 is 1.07 bits per heavy atom. The van der Waals surface area contributed by atoms with Gasteiger partial charge < -0.3 is 10.4 Å². The smallest absolute Gasteiger partial charge is 0.226 e. The molecule has 6 heteroatoms. The minimum atomic E-state index is -0.138. The van der Waals surface area contributed by atoms with E-state index in [2.05, 4.69) is 39.5 Å². The normalized spacial score (nSPS) is 15.2. The van der Waals surface area contributed by atoms with Gasteiger partial charge in [0, 0.05) is 37.1 Å². The Hall–Kier alpha value is -2.54. The molecule has 2 heterocycles. The van der Waals surface area contributed by atoms with Gasteiger partial charge in [-0.25, -0.2) is 4.98 Å². The summed E-state index contributed by atoms with van der Waals surface area (Å²) in [6, 6.07) is 18.4. The maximum absolute atomic E-state index is 12.3. The predicted octanol–water partition coefficient (Wildman–Crippen LogP) is 3.63. The molecule has 1 aromatic heterocycles. The highest BCUT2D eigenvalue weighted by Gasteiger charge is 2.16. The number of nitrogens with one attached hydrogen (secondary N) is 1. The van der Waals surface area contributed by atoms with Crippen molar-refractivity contribution in [1.82, 2.24) is 15.2 Å². The highest BCUT2D eigenvalue weighted by molar-refractivity contribution is 7.13. The van der Waals surface area contributed by atoms with Crippen LogP contribution < -0.4 is 5.32 Å². The van der Waals surface area contributed by atoms with Crippen LogP contribution in [0.15, 0.2) is 60.0 Å². The van der Waals surface area contributed by atoms with Crippen molar-refractivity contribution in [1.29, 1.82) is 0 Å². The summed E-state index contributed by atoms with van der Waals surface area (Å²) in [5.41, 5.74) is 4.23. The van der Waals surface area contributed by atoms with E-state index in [9.17, 15) is 9.90 Å². The molecule has 0 atom stereocenters. The quantitative estimate of drug-likeness (QED) is 0.612. The van der Waals surface area contributed by atoms with Crippen LogP contribution in [0, 0.1) is 0 Å². The molecule has 4 rings (SSSR count). The highest BCUT2D eigenvalue weighted by atomic mass is 32.1. The summed E-state index contributed by atoms with van der Waals surface area (Å²) >= 11 is 1.57. The Labute approximate surface area is 181 Å². The molecule has 1 aliphatic heterocycles. The summed E-state index contributed by atoms with van der Waals surface area (Å²) in [6.07, 6.45) is 1.87. The Morgan fingerprint density at radius 3 is 2.50 bits per heavy atom. The van der Waals surface area contributed by atoms with Gasteiger partial charge >= 0.3 is 0 Å². The third-order valence-corrected chi connectivity index (χ3v) is 6.33. The molecule has 1 fully saturated rings. The van der Waals surface area contributed by atoms with Crippen molar-refractivity contribution in [2.24, 2.45) is 0 Å². The maximum Gasteiger partial charge on any atom is 0.226 e. The van der Waals surface area contributed by atoms with E-state index in [4.69, 9.17) is 0 Å². The number of aliphatic hydroxyl groups is 1. The van der Waals surface area contributed by atoms with E-state index in [-0.39, 0.29) is 12.0 Å². The molecule has 5 nitrogen and oxygen atoms in total. The first-order chi connectivity index (χ1) is 14.7. The number of nitrogens with zero attached hydrogens (tertiary/aromatic N) is 2. The topological polar surface area (TPSA) is 65.5 Å². The van der Waals surface area contributed by atoms with Crippen LogP contribution in [0.5, 0.6) is 0 Å². The van der Waals surface area contributed by atoms with Crippen molar-refractivity contribution in [3.05, 3.63) is 76.8 Å². The lowest BCUT2D eigenvalue weighted by molar-refractivity contribution is -0.120. The molecular weight excluding hydrogens is 394 g/mol. The fourth-order valence-electron chi connectivity index (χ4n) is 3.63. The van der Waals surface area contributed by atoms with Crippen molar-refractivity contribution in [3.8, 4) is 10.6 Å². The van der Waals surface area contributed by atoms with Crippen LogP contribution in [0.25, 0.3) is 10.6 Å². The summed E-state index contributed by atoms with van der Waals surface area (Å²) < 4.78 is 0. The lowest BCUT2D eigenvalue weighted by atomic mass is 10.1. The molecule has 2 aromatic carbocycles. The SMILES string of the molecule is O=C(Cc1csc(-c2ccccc2)n1)NCc1ccc(CN2CCC(O)CC2)cc1. The van der Waals surface area contributed by atoms with Crippen LogP contribution in [0.1, 0.15) is 29.7 Å². The van der Waals surface area contributed by atoms with E-state index in [0.29, 0.717) is 13.0 Å². The monoisotopic (exact) mass is 421 g/mol. The average Bonchev–Trinajstić information content (AvgIpc) is 3.24. The molecule has 0 spiro atoms. The van der Waals surface area contributed by atoms with Crippen molar-refractivity contribution in [2.75, 3.05) is 13.1 Å². The van der Waals surface area contributed by atoms with Gasteiger partial charge in [-0.3, -0.25) is 9.69 Å². The van der Waals surface area contributed by atoms with Crippen LogP contribution in [0.2, 0.25) is 0 Å². The minimum Gasteiger partial charge on any atom is -0.393 e. The molecule has 2 N–H and O–H groups in total. The summed E-state index contributed by atoms with van der Waals surface area (Å²) in [7, 11) is 0. The molecule has 1 amide bonds. The van der Waals surface area contributed by atoms with Crippen molar-refractivity contribution in [2.45, 2.75) is 38.5 Å². The Morgan fingerprint density at radius 2 is 1.77 bits per heavy atom. The number of piperidine rings is 1. The fourth-order valence-corrected chi connectivity index (χ4v) is 4.45. The standard InChI is InChI=1S/C24H27N3O2S/c28-22-10-12-27(13-11-22)16-19-8-6-18(7-9-19)15-25-23(29)14-21-17-30-24(26-21)20-4-2-1-3-5-20/h1-9,17,22,28H,10-16H2,(H,25,29). The van der Waals surface area contributed by atoms with Crippen molar-refractivity contribution >= 4 is 17.2 Å². The highest BCUT2D eigenvalue weighted by Crippen LogP contribution is 2.23. The minimum absolute atomic E-state index is 0.0177. The second kappa shape index (κ2) is 9.98. The Balaban J connectivity index is 1.23. The molecule has 0 aliphatic carbocycles. The largest absolute Gasteiger partial charge is 0.393 e. The van der Waals surface area contributed by atoms with Crippen LogP contribution in [0.4, 0.5) is 0 Å². The van der Waals surface area contributed by atoms with E-state index >= 15 is 0 Å². The first-order valence-electron chi connectivity index (χ1n) is 10.4. The molecule has 1 saturated heterocycles. The number of likely N-dealkylation sites (tertiary alicyclic amines) is 1. The summed E-state index contributed by atoms with van der Waals surface area (Å²) in [5, 5.41) is 15.5. The van der Waals surface area contributed by atoms with Gasteiger partial charge in [-0.05, 0) is 24.0 Å². The zero-order chi connectivity index (χ0) is 20.8. The summed E-state index contributed by atoms with van der Waals surface area (Å²) in [4.78, 5) is 19.3. The van der Waals surface area contributed by atoms with Crippen LogP contribution >= 0.6 is 11.3 Å². The number of amides is 1. The van der Waals surface area contributed by atoms with Gasteiger partial charge in [0.25, 0.3) is 0 Å². The van der Waals surface area contributed by atoms with Crippen LogP contribution in [0.3, 0.4) is 0 Å². The van der Waals surface area contributed by atoms with Crippen LogP contribution in [-0.2, 0) is 24.3 Å².